The fourth-order valence-electron chi connectivity index (χ4n) is 3.50. The van der Waals surface area contributed by atoms with Crippen molar-refractivity contribution in [3.8, 4) is 0 Å². The number of amides is 1. The van der Waals surface area contributed by atoms with Gasteiger partial charge in [-0.3, -0.25) is 9.69 Å². The van der Waals surface area contributed by atoms with E-state index in [2.05, 4.69) is 0 Å². The largest absolute Gasteiger partial charge is 0.463 e. The lowest BCUT2D eigenvalue weighted by molar-refractivity contribution is -0.140. The molecule has 160 valence electrons. The highest BCUT2D eigenvalue weighted by molar-refractivity contribution is 8.04. The molecule has 1 aromatic carbocycles. The van der Waals surface area contributed by atoms with Crippen molar-refractivity contribution < 1.29 is 23.9 Å². The molecular formula is C22H26N2O5S. The van der Waals surface area contributed by atoms with Crippen molar-refractivity contribution in [1.29, 1.82) is 0 Å². The monoisotopic (exact) mass is 430 g/mol. The SMILES string of the molecule is CCCCOC(=O)C1=C(N)N2C(=O)[C@H](C)SC2=C(C(=O)OCC)[C@H]1c1ccccc1. The summed E-state index contributed by atoms with van der Waals surface area (Å²) in [5.41, 5.74) is 7.40. The smallest absolute Gasteiger partial charge is 0.338 e. The number of esters is 2. The summed E-state index contributed by atoms with van der Waals surface area (Å²) in [4.78, 5) is 40.2. The van der Waals surface area contributed by atoms with Crippen molar-refractivity contribution in [2.75, 3.05) is 13.2 Å². The maximum absolute atomic E-state index is 13.1. The van der Waals surface area contributed by atoms with Crippen LogP contribution in [-0.2, 0) is 23.9 Å². The van der Waals surface area contributed by atoms with E-state index in [0.717, 1.165) is 6.42 Å². The van der Waals surface area contributed by atoms with E-state index in [0.29, 0.717) is 17.0 Å². The standard InChI is InChI=1S/C22H26N2O5S/c1-4-6-12-29-21(26)16-15(14-10-8-7-9-11-14)17(22(27)28-5-2)20-24(18(16)23)19(25)13(3)30-20/h7-11,13,15H,4-6,12,23H2,1-3H3/t13-,15-/m0/s1. The Bertz CT molecular complexity index is 909. The molecule has 2 heterocycles. The van der Waals surface area contributed by atoms with E-state index < -0.39 is 23.1 Å². The third-order valence-electron chi connectivity index (χ3n) is 4.96. The number of thioether (sulfide) groups is 1. The second-order valence-electron chi connectivity index (χ2n) is 7.01. The molecule has 0 radical (unpaired) electrons. The molecule has 0 aliphatic carbocycles. The van der Waals surface area contributed by atoms with Crippen LogP contribution in [0.2, 0.25) is 0 Å². The maximum atomic E-state index is 13.1. The second-order valence-corrected chi connectivity index (χ2v) is 8.33. The van der Waals surface area contributed by atoms with Gasteiger partial charge in [0.15, 0.2) is 0 Å². The summed E-state index contributed by atoms with van der Waals surface area (Å²) in [6.45, 7) is 5.84. The van der Waals surface area contributed by atoms with Gasteiger partial charge in [0.05, 0.1) is 40.6 Å². The van der Waals surface area contributed by atoms with Gasteiger partial charge in [0.25, 0.3) is 0 Å². The lowest BCUT2D eigenvalue weighted by atomic mass is 9.82. The van der Waals surface area contributed by atoms with Crippen LogP contribution in [0.1, 0.15) is 45.1 Å². The molecule has 1 aromatic rings. The first kappa shape index (κ1) is 22.0. The molecule has 0 unspecified atom stereocenters. The quantitative estimate of drug-likeness (QED) is 0.524. The third-order valence-corrected chi connectivity index (χ3v) is 6.14. The van der Waals surface area contributed by atoms with E-state index >= 15 is 0 Å². The Balaban J connectivity index is 2.19. The van der Waals surface area contributed by atoms with Crippen LogP contribution < -0.4 is 5.73 Å². The number of carbonyl (C=O) groups excluding carboxylic acids is 3. The summed E-state index contributed by atoms with van der Waals surface area (Å²) in [5.74, 6) is -2.26. The average Bonchev–Trinajstić information content (AvgIpc) is 3.03. The van der Waals surface area contributed by atoms with Gasteiger partial charge in [0.1, 0.15) is 5.82 Å². The van der Waals surface area contributed by atoms with Gasteiger partial charge in [-0.25, -0.2) is 9.59 Å². The Kier molecular flexibility index (Phi) is 6.87. The van der Waals surface area contributed by atoms with Crippen molar-refractivity contribution in [2.24, 2.45) is 5.73 Å². The Morgan fingerprint density at radius 1 is 1.10 bits per heavy atom. The normalized spacial score (nSPS) is 21.0. The topological polar surface area (TPSA) is 98.9 Å². The molecule has 8 heteroatoms. The van der Waals surface area contributed by atoms with Crippen molar-refractivity contribution in [3.05, 3.63) is 57.9 Å². The molecule has 1 fully saturated rings. The predicted octanol–water partition coefficient (Wildman–Crippen LogP) is 3.04. The molecule has 2 aliphatic rings. The van der Waals surface area contributed by atoms with Crippen LogP contribution in [0.3, 0.4) is 0 Å². The molecule has 1 amide bonds. The summed E-state index contributed by atoms with van der Waals surface area (Å²) in [5, 5.41) is -0.0164. The molecule has 7 nitrogen and oxygen atoms in total. The highest BCUT2D eigenvalue weighted by atomic mass is 32.2. The first-order chi connectivity index (χ1) is 14.4. The summed E-state index contributed by atoms with van der Waals surface area (Å²) in [6, 6.07) is 9.12. The van der Waals surface area contributed by atoms with Crippen LogP contribution in [0.5, 0.6) is 0 Å². The Morgan fingerprint density at radius 2 is 1.77 bits per heavy atom. The number of hydrogen-bond donors (Lipinski definition) is 1. The summed E-state index contributed by atoms with van der Waals surface area (Å²) in [7, 11) is 0. The van der Waals surface area contributed by atoms with Gasteiger partial charge in [-0.2, -0.15) is 0 Å². The third kappa shape index (κ3) is 3.96. The summed E-state index contributed by atoms with van der Waals surface area (Å²) in [6.07, 6.45) is 1.57. The highest BCUT2D eigenvalue weighted by Gasteiger charge is 2.49. The summed E-state index contributed by atoms with van der Waals surface area (Å²) < 4.78 is 10.8. The minimum atomic E-state index is -0.781. The average molecular weight is 431 g/mol. The lowest BCUT2D eigenvalue weighted by Crippen LogP contribution is -2.40. The van der Waals surface area contributed by atoms with Gasteiger partial charge in [-0.05, 0) is 25.8 Å². The number of unbranched alkanes of at least 4 members (excludes halogenated alkanes) is 1. The molecule has 1 saturated heterocycles. The Hall–Kier alpha value is -2.74. The fraction of sp³-hybridized carbons (Fsp3) is 0.409. The van der Waals surface area contributed by atoms with Crippen LogP contribution in [0.25, 0.3) is 0 Å². The van der Waals surface area contributed by atoms with Crippen LogP contribution in [0, 0.1) is 0 Å². The molecule has 0 saturated carbocycles. The van der Waals surface area contributed by atoms with Gasteiger partial charge in [-0.15, -0.1) is 0 Å². The molecule has 2 N–H and O–H groups in total. The van der Waals surface area contributed by atoms with Crippen LogP contribution >= 0.6 is 11.8 Å². The molecule has 0 aromatic heterocycles. The minimum absolute atomic E-state index is 0.00949. The number of benzene rings is 1. The molecule has 3 rings (SSSR count). The van der Waals surface area contributed by atoms with Crippen LogP contribution in [0.15, 0.2) is 52.3 Å². The van der Waals surface area contributed by atoms with Crippen LogP contribution in [-0.4, -0.2) is 41.2 Å². The number of rotatable bonds is 7. The number of ether oxygens (including phenoxy) is 2. The Morgan fingerprint density at radius 3 is 2.40 bits per heavy atom. The van der Waals surface area contributed by atoms with Crippen molar-refractivity contribution in [2.45, 2.75) is 44.8 Å². The van der Waals surface area contributed by atoms with Gasteiger partial charge < -0.3 is 15.2 Å². The molecule has 0 spiro atoms. The van der Waals surface area contributed by atoms with E-state index in [1.807, 2.05) is 37.3 Å². The predicted molar refractivity (Wildman–Crippen MR) is 114 cm³/mol. The van der Waals surface area contributed by atoms with E-state index in [-0.39, 0.29) is 36.1 Å². The molecule has 0 bridgehead atoms. The van der Waals surface area contributed by atoms with Crippen molar-refractivity contribution >= 4 is 29.6 Å². The zero-order valence-corrected chi connectivity index (χ0v) is 18.2. The van der Waals surface area contributed by atoms with E-state index in [9.17, 15) is 14.4 Å². The number of nitrogens with zero attached hydrogens (tertiary/aromatic N) is 1. The molecule has 2 atom stereocenters. The Labute approximate surface area is 180 Å². The molecular weight excluding hydrogens is 404 g/mol. The fourth-order valence-corrected chi connectivity index (χ4v) is 4.67. The van der Waals surface area contributed by atoms with Gasteiger partial charge in [0.2, 0.25) is 5.91 Å². The molecule has 2 aliphatic heterocycles. The van der Waals surface area contributed by atoms with Crippen molar-refractivity contribution in [1.82, 2.24) is 4.90 Å². The first-order valence-corrected chi connectivity index (χ1v) is 10.9. The zero-order valence-electron chi connectivity index (χ0n) is 17.3. The highest BCUT2D eigenvalue weighted by Crippen LogP contribution is 2.49. The minimum Gasteiger partial charge on any atom is -0.463 e. The summed E-state index contributed by atoms with van der Waals surface area (Å²) >= 11 is 1.25. The van der Waals surface area contributed by atoms with Crippen LogP contribution in [0.4, 0.5) is 0 Å². The van der Waals surface area contributed by atoms with Gasteiger partial charge >= 0.3 is 11.9 Å². The number of carbonyl (C=O) groups is 3. The van der Waals surface area contributed by atoms with E-state index in [1.165, 1.54) is 16.7 Å². The molecule has 30 heavy (non-hydrogen) atoms. The number of hydrogen-bond acceptors (Lipinski definition) is 7. The zero-order chi connectivity index (χ0) is 21.8. The lowest BCUT2D eigenvalue weighted by Gasteiger charge is -2.33. The second kappa shape index (κ2) is 9.38. The first-order valence-electron chi connectivity index (χ1n) is 10.1. The number of nitrogens with two attached hydrogens (primary N) is 1. The van der Waals surface area contributed by atoms with E-state index in [4.69, 9.17) is 15.2 Å². The van der Waals surface area contributed by atoms with Crippen molar-refractivity contribution in [3.63, 3.8) is 0 Å². The maximum Gasteiger partial charge on any atom is 0.338 e. The van der Waals surface area contributed by atoms with Gasteiger partial charge in [-0.1, -0.05) is 55.4 Å². The number of fused-ring (bicyclic) bond motifs is 1. The van der Waals surface area contributed by atoms with Gasteiger partial charge in [0, 0.05) is 0 Å². The van der Waals surface area contributed by atoms with E-state index in [1.54, 1.807) is 13.8 Å².